The van der Waals surface area contributed by atoms with E-state index in [1.807, 2.05) is 0 Å². The number of esters is 2. The number of ketones is 2. The van der Waals surface area contributed by atoms with Crippen LogP contribution in [0.3, 0.4) is 0 Å². The number of nitrogens with two attached hydrogens (primary N) is 2. The summed E-state index contributed by atoms with van der Waals surface area (Å²) in [6.45, 7) is 10.3. The van der Waals surface area contributed by atoms with Crippen molar-refractivity contribution >= 4 is 46.7 Å². The topological polar surface area (TPSA) is 262 Å². The van der Waals surface area contributed by atoms with Crippen LogP contribution in [-0.4, -0.2) is 95.0 Å². The second kappa shape index (κ2) is 16.0. The summed E-state index contributed by atoms with van der Waals surface area (Å²) in [7, 11) is 0. The van der Waals surface area contributed by atoms with E-state index in [2.05, 4.69) is 21.3 Å². The summed E-state index contributed by atoms with van der Waals surface area (Å²) >= 11 is 0. The van der Waals surface area contributed by atoms with Gasteiger partial charge in [0.25, 0.3) is 0 Å². The third-order valence-electron chi connectivity index (χ3n) is 7.04. The molecule has 16 nitrogen and oxygen atoms in total. The zero-order valence-electron chi connectivity index (χ0n) is 29.0. The smallest absolute Gasteiger partial charge is 0.308 e. The molecule has 2 atom stereocenters. The third kappa shape index (κ3) is 10.4. The van der Waals surface area contributed by atoms with Gasteiger partial charge in [0.15, 0.2) is 0 Å². The summed E-state index contributed by atoms with van der Waals surface area (Å²) in [6.07, 6.45) is -0.652. The van der Waals surface area contributed by atoms with Gasteiger partial charge in [-0.25, -0.2) is 0 Å². The van der Waals surface area contributed by atoms with Crippen molar-refractivity contribution in [3.8, 4) is 11.5 Å². The van der Waals surface area contributed by atoms with E-state index in [4.69, 9.17) is 20.9 Å². The molecule has 2 amide bonds. The summed E-state index contributed by atoms with van der Waals surface area (Å²) in [5.74, 6) is -4.92. The summed E-state index contributed by atoms with van der Waals surface area (Å²) in [5, 5.41) is 32.2. The number of fused-ring (bicyclic) bond motifs is 2. The number of ether oxygens (including phenoxy) is 2. The van der Waals surface area contributed by atoms with Crippen molar-refractivity contribution in [3.05, 3.63) is 46.5 Å². The number of carbonyl (C=O) groups excluding carboxylic acids is 6. The van der Waals surface area contributed by atoms with Gasteiger partial charge in [-0.05, 0) is 65.8 Å². The third-order valence-corrected chi connectivity index (χ3v) is 7.04. The van der Waals surface area contributed by atoms with E-state index >= 15 is 0 Å². The lowest BCUT2D eigenvalue weighted by Crippen LogP contribution is -2.44. The van der Waals surface area contributed by atoms with Crippen LogP contribution in [0.2, 0.25) is 0 Å². The highest BCUT2D eigenvalue weighted by molar-refractivity contribution is 6.33. The fourth-order valence-corrected chi connectivity index (χ4v) is 5.00. The predicted molar refractivity (Wildman–Crippen MR) is 183 cm³/mol. The highest BCUT2D eigenvalue weighted by Gasteiger charge is 2.38. The molecule has 0 unspecified atom stereocenters. The molecule has 0 bridgehead atoms. The zero-order valence-corrected chi connectivity index (χ0v) is 29.0. The monoisotopic (exact) mass is 698 g/mol. The van der Waals surface area contributed by atoms with Gasteiger partial charge in [0.1, 0.15) is 22.7 Å². The van der Waals surface area contributed by atoms with Gasteiger partial charge in [0.2, 0.25) is 23.4 Å². The van der Waals surface area contributed by atoms with Crippen LogP contribution in [0.4, 0.5) is 11.4 Å². The van der Waals surface area contributed by atoms with Gasteiger partial charge < -0.3 is 52.4 Å². The van der Waals surface area contributed by atoms with Crippen LogP contribution in [-0.2, 0) is 28.7 Å². The second-order valence-electron chi connectivity index (χ2n) is 13.7. The van der Waals surface area contributed by atoms with Crippen LogP contribution in [0, 0.1) is 0 Å². The fourth-order valence-electron chi connectivity index (χ4n) is 5.00. The maximum atomic E-state index is 13.8. The molecule has 272 valence electrons. The molecule has 0 aromatic heterocycles. The summed E-state index contributed by atoms with van der Waals surface area (Å²) in [5.41, 5.74) is 9.72. The highest BCUT2D eigenvalue weighted by Crippen LogP contribution is 2.42. The number of rotatable bonds is 14. The molecule has 0 radical (unpaired) electrons. The molecule has 1 aliphatic carbocycles. The summed E-state index contributed by atoms with van der Waals surface area (Å²) in [6, 6.07) is 2.93. The van der Waals surface area contributed by atoms with E-state index in [0.29, 0.717) is 0 Å². The van der Waals surface area contributed by atoms with Crippen LogP contribution in [0.25, 0.3) is 0 Å². The molecule has 50 heavy (non-hydrogen) atoms. The van der Waals surface area contributed by atoms with Crippen LogP contribution in [0.15, 0.2) is 24.3 Å². The number of phenols is 2. The van der Waals surface area contributed by atoms with Gasteiger partial charge in [-0.2, -0.15) is 0 Å². The van der Waals surface area contributed by atoms with Gasteiger partial charge in [0.05, 0.1) is 47.2 Å². The number of carbonyl (C=O) groups is 6. The lowest BCUT2D eigenvalue weighted by atomic mass is 9.81. The summed E-state index contributed by atoms with van der Waals surface area (Å²) in [4.78, 5) is 76.5. The number of hydrogen-bond acceptors (Lipinski definition) is 14. The van der Waals surface area contributed by atoms with Crippen molar-refractivity contribution in [2.75, 3.05) is 36.8 Å². The first-order chi connectivity index (χ1) is 23.2. The van der Waals surface area contributed by atoms with Gasteiger partial charge in [0, 0.05) is 37.6 Å². The lowest BCUT2D eigenvalue weighted by Gasteiger charge is -2.25. The summed E-state index contributed by atoms with van der Waals surface area (Å²) < 4.78 is 10.4. The van der Waals surface area contributed by atoms with Crippen LogP contribution < -0.4 is 32.7 Å². The molecule has 16 heteroatoms. The normalized spacial score (nSPS) is 13.7. The first-order valence-corrected chi connectivity index (χ1v) is 16.0. The first kappa shape index (κ1) is 39.2. The average molecular weight is 699 g/mol. The molecule has 0 fully saturated rings. The lowest BCUT2D eigenvalue weighted by molar-refractivity contribution is -0.157. The standard InChI is InChI=1S/C34H46N6O10/c1-33(2,3)49-23(43)15-17(35)31(47)39-13-11-37-19-7-8-20(38-12-14-40-32(48)18(36)16-24(44)50-34(4,5)6)26-25(19)29(45)27-21(41)9-10-22(42)28(27)30(26)46/h7-10,17-18,37-38,41-42H,11-16,35-36H2,1-6H3,(H,39,47)(H,40,48)/t17-,18+. The van der Waals surface area contributed by atoms with Crippen LogP contribution >= 0.6 is 0 Å². The predicted octanol–water partition coefficient (Wildman–Crippen LogP) is 1.05. The number of aromatic hydroxyl groups is 2. The van der Waals surface area contributed by atoms with Crippen LogP contribution in [0.5, 0.6) is 11.5 Å². The zero-order chi connectivity index (χ0) is 37.6. The minimum absolute atomic E-state index is 0.0240. The average Bonchev–Trinajstić information content (AvgIpc) is 2.99. The van der Waals surface area contributed by atoms with Crippen molar-refractivity contribution in [2.45, 2.75) is 77.7 Å². The number of phenolic OH excluding ortho intramolecular Hbond substituents is 2. The Morgan fingerprint density at radius 1 is 0.620 bits per heavy atom. The van der Waals surface area contributed by atoms with E-state index in [0.717, 1.165) is 12.1 Å². The number of benzene rings is 2. The highest BCUT2D eigenvalue weighted by atomic mass is 16.6. The maximum absolute atomic E-state index is 13.8. The Kier molecular flexibility index (Phi) is 12.5. The quantitative estimate of drug-likeness (QED) is 0.0665. The van der Waals surface area contributed by atoms with Gasteiger partial charge >= 0.3 is 11.9 Å². The molecule has 0 aliphatic heterocycles. The van der Waals surface area contributed by atoms with Crippen LogP contribution in [0.1, 0.15) is 86.2 Å². The minimum Gasteiger partial charge on any atom is -0.507 e. The number of nitrogens with one attached hydrogen (secondary N) is 4. The van der Waals surface area contributed by atoms with Crippen molar-refractivity contribution in [1.82, 2.24) is 10.6 Å². The molecule has 2 aromatic rings. The number of amides is 2. The van der Waals surface area contributed by atoms with Gasteiger partial charge in [-0.3, -0.25) is 28.8 Å². The molecule has 2 aromatic carbocycles. The van der Waals surface area contributed by atoms with Crippen molar-refractivity contribution in [1.29, 1.82) is 0 Å². The molecule has 0 saturated heterocycles. The minimum atomic E-state index is -1.15. The number of anilines is 2. The largest absolute Gasteiger partial charge is 0.507 e. The van der Waals surface area contributed by atoms with E-state index in [9.17, 15) is 39.0 Å². The van der Waals surface area contributed by atoms with Crippen molar-refractivity contribution < 1.29 is 48.5 Å². The molecule has 1 aliphatic rings. The second-order valence-corrected chi connectivity index (χ2v) is 13.7. The SMILES string of the molecule is CC(C)(C)OC(=O)C[C@@H](N)C(=O)NCCNc1ccc(NCCNC(=O)[C@@H](N)CC(=O)OC(C)(C)C)c2c1C(=O)c1c(O)ccc(O)c1C2=O. The molecule has 10 N–H and O–H groups in total. The Labute approximate surface area is 289 Å². The van der Waals surface area contributed by atoms with Gasteiger partial charge in [-0.15, -0.1) is 0 Å². The number of hydrogen-bond donors (Lipinski definition) is 8. The maximum Gasteiger partial charge on any atom is 0.308 e. The van der Waals surface area contributed by atoms with E-state index in [1.165, 1.54) is 12.1 Å². The first-order valence-electron chi connectivity index (χ1n) is 16.0. The Hall–Kier alpha value is -5.22. The molecular formula is C34H46N6O10. The van der Waals surface area contributed by atoms with Gasteiger partial charge in [-0.1, -0.05) is 0 Å². The van der Waals surface area contributed by atoms with Crippen molar-refractivity contribution in [3.63, 3.8) is 0 Å². The Balaban J connectivity index is 1.72. The molecular weight excluding hydrogens is 652 g/mol. The van der Waals surface area contributed by atoms with E-state index < -0.39 is 70.1 Å². The van der Waals surface area contributed by atoms with E-state index in [1.54, 1.807) is 41.5 Å². The molecule has 0 saturated carbocycles. The fraction of sp³-hybridized carbons (Fsp3) is 0.471. The Morgan fingerprint density at radius 2 is 0.960 bits per heavy atom. The van der Waals surface area contributed by atoms with E-state index in [-0.39, 0.29) is 72.6 Å². The molecule has 3 rings (SSSR count). The Bertz CT molecular complexity index is 1540. The molecule has 0 heterocycles. The Morgan fingerprint density at radius 3 is 1.28 bits per heavy atom. The molecule has 0 spiro atoms. The van der Waals surface area contributed by atoms with Crippen molar-refractivity contribution in [2.24, 2.45) is 11.5 Å².